The van der Waals surface area contributed by atoms with Gasteiger partial charge >= 0.3 is 0 Å². The molecule has 2 aromatic rings. The Balaban J connectivity index is 2.04. The summed E-state index contributed by atoms with van der Waals surface area (Å²) in [6, 6.07) is 6.34. The van der Waals surface area contributed by atoms with Crippen molar-refractivity contribution in [3.8, 4) is 0 Å². The van der Waals surface area contributed by atoms with Crippen LogP contribution < -0.4 is 0 Å². The molecule has 1 aromatic carbocycles. The first-order valence-corrected chi connectivity index (χ1v) is 7.34. The topological polar surface area (TPSA) is 17.8 Å². The number of imidazole rings is 1. The van der Waals surface area contributed by atoms with Gasteiger partial charge in [-0.2, -0.15) is 0 Å². The predicted molar refractivity (Wildman–Crippen MR) is 76.1 cm³/mol. The number of nitrogens with zero attached hydrogens (tertiary/aromatic N) is 2. The van der Waals surface area contributed by atoms with Gasteiger partial charge in [0.1, 0.15) is 5.82 Å². The molecule has 0 amide bonds. The number of hydrogen-bond donors (Lipinski definition) is 0. The SMILES string of the molecule is Cn1c(C2CCCCC2)nc2ccc(CCl)cc21. The molecule has 3 heteroatoms. The van der Waals surface area contributed by atoms with E-state index >= 15 is 0 Å². The van der Waals surface area contributed by atoms with Crippen LogP contribution in [0.4, 0.5) is 0 Å². The first-order valence-electron chi connectivity index (χ1n) is 6.81. The van der Waals surface area contributed by atoms with Gasteiger partial charge < -0.3 is 4.57 Å². The van der Waals surface area contributed by atoms with Gasteiger partial charge in [-0.25, -0.2) is 4.98 Å². The molecule has 0 bridgehead atoms. The molecule has 0 unspecified atom stereocenters. The molecule has 1 fully saturated rings. The Kier molecular flexibility index (Phi) is 3.29. The van der Waals surface area contributed by atoms with Crippen LogP contribution in [0.1, 0.15) is 49.4 Å². The molecule has 96 valence electrons. The highest BCUT2D eigenvalue weighted by Gasteiger charge is 2.20. The van der Waals surface area contributed by atoms with Crippen molar-refractivity contribution < 1.29 is 0 Å². The van der Waals surface area contributed by atoms with Crippen molar-refractivity contribution in [3.05, 3.63) is 29.6 Å². The van der Waals surface area contributed by atoms with Gasteiger partial charge in [0.15, 0.2) is 0 Å². The van der Waals surface area contributed by atoms with E-state index in [1.807, 2.05) is 0 Å². The van der Waals surface area contributed by atoms with E-state index in [9.17, 15) is 0 Å². The lowest BCUT2D eigenvalue weighted by molar-refractivity contribution is 0.423. The predicted octanol–water partition coefficient (Wildman–Crippen LogP) is 4.36. The molecule has 18 heavy (non-hydrogen) atoms. The zero-order valence-corrected chi connectivity index (χ0v) is 11.6. The number of rotatable bonds is 2. The lowest BCUT2D eigenvalue weighted by Gasteiger charge is -2.21. The second-order valence-electron chi connectivity index (χ2n) is 5.32. The summed E-state index contributed by atoms with van der Waals surface area (Å²) >= 11 is 5.91. The Labute approximate surface area is 113 Å². The molecule has 0 saturated heterocycles. The van der Waals surface area contributed by atoms with Gasteiger partial charge in [0.2, 0.25) is 0 Å². The van der Waals surface area contributed by atoms with E-state index in [1.54, 1.807) is 0 Å². The summed E-state index contributed by atoms with van der Waals surface area (Å²) in [4.78, 5) is 4.83. The first kappa shape index (κ1) is 12.0. The highest BCUT2D eigenvalue weighted by molar-refractivity contribution is 6.17. The van der Waals surface area contributed by atoms with Crippen LogP contribution in [0.15, 0.2) is 18.2 Å². The number of fused-ring (bicyclic) bond motifs is 1. The molecule has 3 rings (SSSR count). The molecule has 0 atom stereocenters. The molecule has 0 radical (unpaired) electrons. The average Bonchev–Trinajstić information content (AvgIpc) is 2.77. The quantitative estimate of drug-likeness (QED) is 0.736. The number of aromatic nitrogens is 2. The molecular weight excluding hydrogens is 244 g/mol. The average molecular weight is 263 g/mol. The van der Waals surface area contributed by atoms with Crippen LogP contribution in [-0.2, 0) is 12.9 Å². The van der Waals surface area contributed by atoms with Crippen LogP contribution in [0, 0.1) is 0 Å². The van der Waals surface area contributed by atoms with Gasteiger partial charge in [0, 0.05) is 18.8 Å². The molecule has 0 N–H and O–H groups in total. The normalized spacial score (nSPS) is 17.4. The zero-order valence-electron chi connectivity index (χ0n) is 10.8. The largest absolute Gasteiger partial charge is 0.331 e. The van der Waals surface area contributed by atoms with Crippen LogP contribution in [0.3, 0.4) is 0 Å². The molecule has 1 aromatic heterocycles. The van der Waals surface area contributed by atoms with Gasteiger partial charge in [-0.15, -0.1) is 11.6 Å². The monoisotopic (exact) mass is 262 g/mol. The lowest BCUT2D eigenvalue weighted by atomic mass is 9.89. The fraction of sp³-hybridized carbons (Fsp3) is 0.533. The molecule has 2 nitrogen and oxygen atoms in total. The summed E-state index contributed by atoms with van der Waals surface area (Å²) in [6.07, 6.45) is 6.66. The number of halogens is 1. The minimum Gasteiger partial charge on any atom is -0.331 e. The zero-order chi connectivity index (χ0) is 12.5. The summed E-state index contributed by atoms with van der Waals surface area (Å²) in [5, 5.41) is 0. The van der Waals surface area contributed by atoms with Crippen molar-refractivity contribution in [1.82, 2.24) is 9.55 Å². The Morgan fingerprint density at radius 2 is 2.06 bits per heavy atom. The molecule has 1 heterocycles. The maximum atomic E-state index is 5.91. The number of alkyl halides is 1. The van der Waals surface area contributed by atoms with E-state index in [-0.39, 0.29) is 0 Å². The number of benzene rings is 1. The third-order valence-electron chi connectivity index (χ3n) is 4.10. The molecule has 1 aliphatic carbocycles. The Bertz CT molecular complexity index is 553. The second-order valence-corrected chi connectivity index (χ2v) is 5.59. The molecule has 0 spiro atoms. The van der Waals surface area contributed by atoms with Gasteiger partial charge in [-0.3, -0.25) is 0 Å². The maximum absolute atomic E-state index is 5.91. The van der Waals surface area contributed by atoms with Crippen LogP contribution >= 0.6 is 11.6 Å². The summed E-state index contributed by atoms with van der Waals surface area (Å²) in [6.45, 7) is 0. The van der Waals surface area contributed by atoms with Gasteiger partial charge in [0.25, 0.3) is 0 Å². The van der Waals surface area contributed by atoms with Gasteiger partial charge in [0.05, 0.1) is 11.0 Å². The smallest absolute Gasteiger partial charge is 0.112 e. The third-order valence-corrected chi connectivity index (χ3v) is 4.41. The summed E-state index contributed by atoms with van der Waals surface area (Å²) in [7, 11) is 2.14. The minimum atomic E-state index is 0.569. The second kappa shape index (κ2) is 4.93. The van der Waals surface area contributed by atoms with Gasteiger partial charge in [-0.05, 0) is 30.5 Å². The van der Waals surface area contributed by atoms with Crippen molar-refractivity contribution in [2.24, 2.45) is 7.05 Å². The van der Waals surface area contributed by atoms with E-state index in [0.717, 1.165) is 5.52 Å². The third kappa shape index (κ3) is 2.03. The van der Waals surface area contributed by atoms with Crippen molar-refractivity contribution in [2.45, 2.75) is 43.9 Å². The fourth-order valence-electron chi connectivity index (χ4n) is 3.06. The standard InChI is InChI=1S/C15H19ClN2/c1-18-14-9-11(10-16)7-8-13(14)17-15(18)12-5-3-2-4-6-12/h7-9,12H,2-6,10H2,1H3. The maximum Gasteiger partial charge on any atom is 0.112 e. The fourth-order valence-corrected chi connectivity index (χ4v) is 3.23. The van der Waals surface area contributed by atoms with Crippen LogP contribution in [0.5, 0.6) is 0 Å². The summed E-state index contributed by atoms with van der Waals surface area (Å²) in [5.74, 6) is 2.48. The summed E-state index contributed by atoms with van der Waals surface area (Å²) in [5.41, 5.74) is 3.49. The Morgan fingerprint density at radius 3 is 2.78 bits per heavy atom. The highest BCUT2D eigenvalue weighted by atomic mass is 35.5. The summed E-state index contributed by atoms with van der Waals surface area (Å²) < 4.78 is 2.27. The van der Waals surface area contributed by atoms with E-state index in [2.05, 4.69) is 29.8 Å². The molecule has 1 saturated carbocycles. The van der Waals surface area contributed by atoms with E-state index in [4.69, 9.17) is 16.6 Å². The molecular formula is C15H19ClN2. The molecule has 0 aliphatic heterocycles. The lowest BCUT2D eigenvalue weighted by Crippen LogP contribution is -2.10. The van der Waals surface area contributed by atoms with Crippen LogP contribution in [0.2, 0.25) is 0 Å². The number of aryl methyl sites for hydroxylation is 1. The van der Waals surface area contributed by atoms with Crippen molar-refractivity contribution in [3.63, 3.8) is 0 Å². The van der Waals surface area contributed by atoms with Crippen LogP contribution in [0.25, 0.3) is 11.0 Å². The van der Waals surface area contributed by atoms with E-state index in [0.29, 0.717) is 11.8 Å². The minimum absolute atomic E-state index is 0.569. The molecule has 1 aliphatic rings. The van der Waals surface area contributed by atoms with Gasteiger partial charge in [-0.1, -0.05) is 25.3 Å². The Morgan fingerprint density at radius 1 is 1.28 bits per heavy atom. The Hall–Kier alpha value is -1.02. The van der Waals surface area contributed by atoms with E-state index < -0.39 is 0 Å². The van der Waals surface area contributed by atoms with E-state index in [1.165, 1.54) is 49.0 Å². The first-order chi connectivity index (χ1) is 8.79. The van der Waals surface area contributed by atoms with Crippen molar-refractivity contribution in [1.29, 1.82) is 0 Å². The highest BCUT2D eigenvalue weighted by Crippen LogP contribution is 2.33. The van der Waals surface area contributed by atoms with Crippen LogP contribution in [-0.4, -0.2) is 9.55 Å². The van der Waals surface area contributed by atoms with Crippen molar-refractivity contribution in [2.75, 3.05) is 0 Å². The van der Waals surface area contributed by atoms with Crippen molar-refractivity contribution >= 4 is 22.6 Å². The number of hydrogen-bond acceptors (Lipinski definition) is 1.